The van der Waals surface area contributed by atoms with E-state index in [2.05, 4.69) is 0 Å². The van der Waals surface area contributed by atoms with Crippen molar-refractivity contribution in [2.45, 2.75) is 13.5 Å². The van der Waals surface area contributed by atoms with E-state index in [9.17, 15) is 9.59 Å². The molecule has 2 aromatic rings. The average molecular weight is 277 g/mol. The zero-order valence-corrected chi connectivity index (χ0v) is 10.6. The van der Waals surface area contributed by atoms with Gasteiger partial charge in [-0.2, -0.15) is 4.74 Å². The highest BCUT2D eigenvalue weighted by Crippen LogP contribution is 2.32. The largest absolute Gasteiger partial charge is 0.476 e. The first-order chi connectivity index (χ1) is 9.56. The summed E-state index contributed by atoms with van der Waals surface area (Å²) in [7, 11) is 0. The molecule has 1 N–H and O–H groups in total. The van der Waals surface area contributed by atoms with E-state index in [4.69, 9.17) is 19.1 Å². The maximum atomic E-state index is 11.4. The Morgan fingerprint density at radius 1 is 1.35 bits per heavy atom. The average Bonchev–Trinajstić information content (AvgIpc) is 2.95. The van der Waals surface area contributed by atoms with Crippen LogP contribution in [0.3, 0.4) is 0 Å². The van der Waals surface area contributed by atoms with E-state index in [0.29, 0.717) is 11.5 Å². The fourth-order valence-corrected chi connectivity index (χ4v) is 2.08. The number of hydrogen-bond donors (Lipinski definition) is 1. The number of carboxylic acids is 1. The molecule has 0 fully saturated rings. The maximum Gasteiger partial charge on any atom is 0.361 e. The normalized spacial score (nSPS) is 12.7. The quantitative estimate of drug-likeness (QED) is 0.907. The molecule has 20 heavy (non-hydrogen) atoms. The van der Waals surface area contributed by atoms with Gasteiger partial charge >= 0.3 is 11.6 Å². The first kappa shape index (κ1) is 12.3. The van der Waals surface area contributed by atoms with Gasteiger partial charge in [-0.15, -0.1) is 0 Å². The van der Waals surface area contributed by atoms with Crippen LogP contribution in [0.1, 0.15) is 21.6 Å². The molecule has 1 aliphatic rings. The van der Waals surface area contributed by atoms with Crippen molar-refractivity contribution in [3.63, 3.8) is 0 Å². The van der Waals surface area contributed by atoms with E-state index in [1.54, 1.807) is 18.2 Å². The van der Waals surface area contributed by atoms with Gasteiger partial charge in [-0.3, -0.25) is 0 Å². The summed E-state index contributed by atoms with van der Waals surface area (Å²) in [5.41, 5.74) is 0.0320. The number of aromatic nitrogens is 1. The molecular formula is C13H11NO6. The van der Waals surface area contributed by atoms with Crippen molar-refractivity contribution in [2.75, 3.05) is 6.79 Å². The highest BCUT2D eigenvalue weighted by atomic mass is 16.7. The predicted octanol–water partition coefficient (Wildman–Crippen LogP) is 1.22. The van der Waals surface area contributed by atoms with Crippen LogP contribution in [-0.4, -0.2) is 22.6 Å². The highest BCUT2D eigenvalue weighted by Gasteiger charge is 2.21. The summed E-state index contributed by atoms with van der Waals surface area (Å²) in [6.45, 7) is 1.71. The molecule has 0 radical (unpaired) electrons. The Bertz CT molecular complexity index is 742. The fraction of sp³-hybridized carbons (Fsp3) is 0.231. The molecule has 0 bridgehead atoms. The Hall–Kier alpha value is -2.70. The monoisotopic (exact) mass is 277 g/mol. The molecule has 3 rings (SSSR count). The van der Waals surface area contributed by atoms with E-state index < -0.39 is 11.6 Å². The van der Waals surface area contributed by atoms with Gasteiger partial charge in [-0.1, -0.05) is 6.07 Å². The van der Waals surface area contributed by atoms with Crippen LogP contribution in [0.25, 0.3) is 0 Å². The molecule has 1 aliphatic heterocycles. The fourth-order valence-electron chi connectivity index (χ4n) is 2.08. The van der Waals surface area contributed by atoms with Crippen molar-refractivity contribution in [2.24, 2.45) is 0 Å². The number of aromatic carboxylic acids is 1. The van der Waals surface area contributed by atoms with Crippen LogP contribution >= 0.6 is 0 Å². The van der Waals surface area contributed by atoms with E-state index in [0.717, 1.165) is 10.3 Å². The first-order valence-electron chi connectivity index (χ1n) is 5.89. The molecule has 0 amide bonds. The van der Waals surface area contributed by atoms with E-state index >= 15 is 0 Å². The van der Waals surface area contributed by atoms with Gasteiger partial charge in [0.15, 0.2) is 17.2 Å². The summed E-state index contributed by atoms with van der Waals surface area (Å²) >= 11 is 0. The Labute approximate surface area is 112 Å². The summed E-state index contributed by atoms with van der Waals surface area (Å²) in [6, 6.07) is 5.21. The Morgan fingerprint density at radius 2 is 2.10 bits per heavy atom. The van der Waals surface area contributed by atoms with Crippen LogP contribution < -0.4 is 15.1 Å². The minimum absolute atomic E-state index is 0.0817. The molecule has 1 aromatic heterocycles. The molecule has 0 unspecified atom stereocenters. The molecule has 104 valence electrons. The third kappa shape index (κ3) is 1.93. The Kier molecular flexibility index (Phi) is 2.74. The lowest BCUT2D eigenvalue weighted by Gasteiger charge is -2.05. The molecule has 0 aliphatic carbocycles. The molecule has 0 saturated heterocycles. The van der Waals surface area contributed by atoms with Gasteiger partial charge in [0.1, 0.15) is 0 Å². The number of rotatable bonds is 3. The maximum absolute atomic E-state index is 11.4. The van der Waals surface area contributed by atoms with Crippen molar-refractivity contribution in [1.29, 1.82) is 0 Å². The summed E-state index contributed by atoms with van der Waals surface area (Å²) in [5, 5.41) is 9.13. The van der Waals surface area contributed by atoms with Crippen molar-refractivity contribution < 1.29 is 23.9 Å². The van der Waals surface area contributed by atoms with Gasteiger partial charge in [-0.05, 0) is 24.6 Å². The lowest BCUT2D eigenvalue weighted by Crippen LogP contribution is -2.10. The molecule has 7 heteroatoms. The first-order valence-corrected chi connectivity index (χ1v) is 5.89. The molecule has 0 spiro atoms. The van der Waals surface area contributed by atoms with Crippen molar-refractivity contribution in [1.82, 2.24) is 4.74 Å². The number of fused-ring (bicyclic) bond motifs is 1. The predicted molar refractivity (Wildman–Crippen MR) is 66.3 cm³/mol. The van der Waals surface area contributed by atoms with Crippen LogP contribution in [0, 0.1) is 6.92 Å². The number of carbonyl (C=O) groups is 1. The number of nitrogens with zero attached hydrogens (tertiary/aromatic N) is 1. The van der Waals surface area contributed by atoms with Crippen molar-refractivity contribution >= 4 is 5.97 Å². The summed E-state index contributed by atoms with van der Waals surface area (Å²) in [6.07, 6.45) is 0. The van der Waals surface area contributed by atoms with Crippen LogP contribution in [0.4, 0.5) is 0 Å². The van der Waals surface area contributed by atoms with Crippen LogP contribution in [0.15, 0.2) is 27.5 Å². The van der Waals surface area contributed by atoms with E-state index in [-0.39, 0.29) is 24.6 Å². The number of carboxylic acid groups (broad SMARTS) is 1. The Morgan fingerprint density at radius 3 is 2.85 bits per heavy atom. The minimum Gasteiger partial charge on any atom is -0.476 e. The number of ether oxygens (including phenoxy) is 2. The minimum atomic E-state index is -1.20. The second-order valence-electron chi connectivity index (χ2n) is 4.38. The van der Waals surface area contributed by atoms with E-state index in [1.165, 1.54) is 6.92 Å². The van der Waals surface area contributed by atoms with Gasteiger partial charge in [0.05, 0.1) is 12.1 Å². The Balaban J connectivity index is 1.97. The lowest BCUT2D eigenvalue weighted by molar-refractivity contribution is 0.0669. The van der Waals surface area contributed by atoms with Crippen LogP contribution in [0.5, 0.6) is 11.5 Å². The molecule has 1 aromatic carbocycles. The third-order valence-electron chi connectivity index (χ3n) is 3.07. The summed E-state index contributed by atoms with van der Waals surface area (Å²) in [5.74, 6) is 0.0250. The van der Waals surface area contributed by atoms with Gasteiger partial charge < -0.3 is 19.1 Å². The SMILES string of the molecule is Cc1c(C(=O)O)n(Cc2ccc3c(c2)OCO3)oc1=O. The van der Waals surface area contributed by atoms with Crippen molar-refractivity contribution in [3.05, 3.63) is 45.4 Å². The summed E-state index contributed by atoms with van der Waals surface area (Å²) < 4.78 is 16.4. The molecule has 0 atom stereocenters. The molecule has 2 heterocycles. The second-order valence-corrected chi connectivity index (χ2v) is 4.38. The standard InChI is InChI=1S/C13H11NO6/c1-7-11(12(15)16)14(20-13(7)17)5-8-2-3-9-10(4-8)19-6-18-9/h2-4H,5-6H2,1H3,(H,15,16). The topological polar surface area (TPSA) is 90.9 Å². The molecule has 0 saturated carbocycles. The van der Waals surface area contributed by atoms with Crippen molar-refractivity contribution in [3.8, 4) is 11.5 Å². The number of hydrogen-bond acceptors (Lipinski definition) is 5. The van der Waals surface area contributed by atoms with Crippen LogP contribution in [-0.2, 0) is 6.54 Å². The second kappa shape index (κ2) is 4.44. The van der Waals surface area contributed by atoms with Gasteiger partial charge in [0.25, 0.3) is 0 Å². The summed E-state index contributed by atoms with van der Waals surface area (Å²) in [4.78, 5) is 22.6. The smallest absolute Gasteiger partial charge is 0.361 e. The van der Waals surface area contributed by atoms with Gasteiger partial charge in [0.2, 0.25) is 6.79 Å². The molecular weight excluding hydrogens is 266 g/mol. The zero-order valence-electron chi connectivity index (χ0n) is 10.6. The lowest BCUT2D eigenvalue weighted by atomic mass is 10.2. The molecule has 7 nitrogen and oxygen atoms in total. The highest BCUT2D eigenvalue weighted by molar-refractivity contribution is 5.87. The zero-order chi connectivity index (χ0) is 14.3. The van der Waals surface area contributed by atoms with Gasteiger partial charge in [0, 0.05) is 0 Å². The van der Waals surface area contributed by atoms with Crippen LogP contribution in [0.2, 0.25) is 0 Å². The third-order valence-corrected chi connectivity index (χ3v) is 3.07. The number of benzene rings is 1. The van der Waals surface area contributed by atoms with E-state index in [1.807, 2.05) is 0 Å². The van der Waals surface area contributed by atoms with Gasteiger partial charge in [-0.25, -0.2) is 9.59 Å².